The Labute approximate surface area is 323 Å². The predicted molar refractivity (Wildman–Crippen MR) is 205 cm³/mol. The van der Waals surface area contributed by atoms with E-state index in [1.54, 1.807) is 38.1 Å². The normalized spacial score (nSPS) is 14.2. The molecule has 0 fully saturated rings. The average Bonchev–Trinajstić information content (AvgIpc) is 3.44. The van der Waals surface area contributed by atoms with Crippen molar-refractivity contribution in [3.8, 4) is 0 Å². The number of urea groups is 1. The zero-order valence-electron chi connectivity index (χ0n) is 32.7. The lowest BCUT2D eigenvalue weighted by Gasteiger charge is -2.25. The number of hydrogen-bond donors (Lipinski definition) is 6. The molecule has 1 heterocycles. The van der Waals surface area contributed by atoms with Crippen molar-refractivity contribution in [1.82, 2.24) is 26.2 Å². The van der Waals surface area contributed by atoms with Gasteiger partial charge in [-0.2, -0.15) is 0 Å². The van der Waals surface area contributed by atoms with Gasteiger partial charge in [0.1, 0.15) is 25.0 Å². The van der Waals surface area contributed by atoms with E-state index in [1.165, 1.54) is 12.2 Å². The van der Waals surface area contributed by atoms with E-state index in [0.29, 0.717) is 49.6 Å². The molecule has 0 saturated carbocycles. The first-order chi connectivity index (χ1) is 26.0. The lowest BCUT2D eigenvalue weighted by molar-refractivity contribution is -0.870. The molecule has 2 rings (SSSR count). The van der Waals surface area contributed by atoms with Crippen LogP contribution in [0.3, 0.4) is 0 Å². The molecular weight excluding hydrogens is 712 g/mol. The largest absolute Gasteiger partial charge is 0.445 e. The number of alkyl carbamates (subject to hydrolysis) is 1. The molecule has 8 amide bonds. The Morgan fingerprint density at radius 3 is 2.11 bits per heavy atom. The molecule has 3 atom stereocenters. The fraction of sp³-hybridized carbons (Fsp3) is 0.579. The number of amides is 8. The van der Waals surface area contributed by atoms with Gasteiger partial charge in [0.05, 0.1) is 33.7 Å². The Bertz CT molecular complexity index is 1490. The highest BCUT2D eigenvalue weighted by molar-refractivity contribution is 6.12. The van der Waals surface area contributed by atoms with Crippen LogP contribution in [0.5, 0.6) is 0 Å². The summed E-state index contributed by atoms with van der Waals surface area (Å²) in [6.07, 6.45) is 6.83. The van der Waals surface area contributed by atoms with Crippen LogP contribution in [0.1, 0.15) is 77.2 Å². The summed E-state index contributed by atoms with van der Waals surface area (Å²) in [5, 5.41) is 13.3. The van der Waals surface area contributed by atoms with Gasteiger partial charge in [-0.25, -0.2) is 9.59 Å². The average molecular weight is 772 g/mol. The van der Waals surface area contributed by atoms with E-state index in [1.807, 2.05) is 0 Å². The summed E-state index contributed by atoms with van der Waals surface area (Å²) < 4.78 is 6.10. The van der Waals surface area contributed by atoms with E-state index >= 15 is 0 Å². The Morgan fingerprint density at radius 1 is 0.836 bits per heavy atom. The molecule has 0 radical (unpaired) electrons. The zero-order valence-corrected chi connectivity index (χ0v) is 32.7. The Hall–Kier alpha value is -5.32. The quantitative estimate of drug-likeness (QED) is 0.0368. The van der Waals surface area contributed by atoms with Crippen molar-refractivity contribution in [3.63, 3.8) is 0 Å². The molecule has 55 heavy (non-hydrogen) atoms. The third-order valence-electron chi connectivity index (χ3n) is 8.71. The Balaban J connectivity index is 1.91. The van der Waals surface area contributed by atoms with Gasteiger partial charge in [-0.1, -0.05) is 32.4 Å². The number of anilines is 1. The van der Waals surface area contributed by atoms with Gasteiger partial charge in [0, 0.05) is 37.3 Å². The minimum atomic E-state index is -1.03. The Morgan fingerprint density at radius 2 is 1.51 bits per heavy atom. The number of ether oxygens (including phenoxy) is 1. The maximum absolute atomic E-state index is 13.4. The third-order valence-corrected chi connectivity index (χ3v) is 8.71. The number of benzene rings is 1. The second kappa shape index (κ2) is 23.5. The summed E-state index contributed by atoms with van der Waals surface area (Å²) in [4.78, 5) is 99.1. The number of hydrogen-bond acceptors (Lipinski definition) is 9. The summed E-state index contributed by atoms with van der Waals surface area (Å²) in [7, 11) is 6.27. The van der Waals surface area contributed by atoms with Crippen LogP contribution < -0.4 is 32.3 Å². The zero-order chi connectivity index (χ0) is 41.0. The number of aldehydes is 1. The van der Waals surface area contributed by atoms with Crippen molar-refractivity contribution < 1.29 is 47.6 Å². The van der Waals surface area contributed by atoms with Crippen LogP contribution >= 0.6 is 0 Å². The molecule has 0 spiro atoms. The van der Waals surface area contributed by atoms with Crippen molar-refractivity contribution in [2.45, 2.75) is 96.4 Å². The van der Waals surface area contributed by atoms with Crippen LogP contribution in [-0.4, -0.2) is 116 Å². The molecule has 1 aromatic carbocycles. The standard InChI is InChI=1S/C38H58N8O9/c1-26(2)34(44-31(48)14-7-6-9-22-45-32(49)19-20-33(45)50)36(52)43-30(13-11-21-40-37(39)53)35(51)41-28-17-15-27(16-18-28)25-55-38(54)42-29(24-47)12-8-10-23-46(3,4)5/h15-20,24,26,29-30,34H,6-14,21-23,25H2,1-5H3,(H6-,39,40,41,42,43,44,48,51,52,53,54)/p+1/t29?,30-,34-/m0/s1. The van der Waals surface area contributed by atoms with Crippen LogP contribution in [0.25, 0.3) is 0 Å². The summed E-state index contributed by atoms with van der Waals surface area (Å²) in [5.41, 5.74) is 6.20. The minimum absolute atomic E-state index is 0.0701. The molecule has 0 aromatic heterocycles. The number of imide groups is 1. The molecule has 1 aliphatic rings. The lowest BCUT2D eigenvalue weighted by Crippen LogP contribution is -2.54. The number of nitrogens with zero attached hydrogens (tertiary/aromatic N) is 2. The van der Waals surface area contributed by atoms with Crippen molar-refractivity contribution in [3.05, 3.63) is 42.0 Å². The van der Waals surface area contributed by atoms with Gasteiger partial charge in [0.15, 0.2) is 0 Å². The van der Waals surface area contributed by atoms with E-state index in [4.69, 9.17) is 10.5 Å². The van der Waals surface area contributed by atoms with Gasteiger partial charge in [-0.05, 0) is 68.6 Å². The van der Waals surface area contributed by atoms with E-state index < -0.39 is 42.1 Å². The number of nitrogens with two attached hydrogens (primary N) is 1. The molecule has 0 aliphatic carbocycles. The van der Waals surface area contributed by atoms with Gasteiger partial charge in [0.2, 0.25) is 17.7 Å². The van der Waals surface area contributed by atoms with Crippen LogP contribution in [0.15, 0.2) is 36.4 Å². The van der Waals surface area contributed by atoms with Crippen LogP contribution in [0, 0.1) is 5.92 Å². The van der Waals surface area contributed by atoms with E-state index in [-0.39, 0.29) is 56.2 Å². The predicted octanol–water partition coefficient (Wildman–Crippen LogP) is 1.85. The number of carbonyl (C=O) groups is 8. The van der Waals surface area contributed by atoms with Gasteiger partial charge in [0.25, 0.3) is 11.8 Å². The molecular formula is C38H59N8O9+. The van der Waals surface area contributed by atoms with E-state index in [2.05, 4.69) is 47.7 Å². The fourth-order valence-electron chi connectivity index (χ4n) is 5.59. The molecule has 0 saturated heterocycles. The summed E-state index contributed by atoms with van der Waals surface area (Å²) >= 11 is 0. The second-order valence-corrected chi connectivity index (χ2v) is 14.9. The van der Waals surface area contributed by atoms with Crippen molar-refractivity contribution in [1.29, 1.82) is 0 Å². The summed E-state index contributed by atoms with van der Waals surface area (Å²) in [6, 6.07) is 3.19. The molecule has 1 unspecified atom stereocenters. The molecule has 7 N–H and O–H groups in total. The van der Waals surface area contributed by atoms with Crippen molar-refractivity contribution in [2.75, 3.05) is 46.1 Å². The van der Waals surface area contributed by atoms with Gasteiger partial charge in [-0.15, -0.1) is 0 Å². The molecule has 17 heteroatoms. The molecule has 304 valence electrons. The third kappa shape index (κ3) is 18.5. The molecule has 1 aromatic rings. The van der Waals surface area contributed by atoms with Crippen molar-refractivity contribution in [2.24, 2.45) is 11.7 Å². The maximum Gasteiger partial charge on any atom is 0.408 e. The summed E-state index contributed by atoms with van der Waals surface area (Å²) in [6.45, 7) is 4.84. The van der Waals surface area contributed by atoms with E-state index in [9.17, 15) is 38.4 Å². The second-order valence-electron chi connectivity index (χ2n) is 14.9. The van der Waals surface area contributed by atoms with Crippen molar-refractivity contribution >= 4 is 53.6 Å². The maximum atomic E-state index is 13.4. The van der Waals surface area contributed by atoms with Gasteiger partial charge in [-0.3, -0.25) is 28.9 Å². The van der Waals surface area contributed by atoms with Crippen LogP contribution in [-0.2, 0) is 40.1 Å². The van der Waals surface area contributed by atoms with Gasteiger partial charge < -0.3 is 46.3 Å². The number of rotatable bonds is 25. The molecule has 0 bridgehead atoms. The number of quaternary nitrogens is 1. The first kappa shape index (κ1) is 45.8. The minimum Gasteiger partial charge on any atom is -0.445 e. The molecule has 17 nitrogen and oxygen atoms in total. The summed E-state index contributed by atoms with van der Waals surface area (Å²) in [5.74, 6) is -2.47. The SMILES string of the molecule is CC(C)[C@H](NC(=O)CCCCCN1C(=O)C=CC1=O)C(=O)N[C@@H](CCCNC(N)=O)C(=O)Nc1ccc(COC(=O)NC(C=O)CCCC[N+](C)(C)C)cc1. The highest BCUT2D eigenvalue weighted by atomic mass is 16.5. The highest BCUT2D eigenvalue weighted by Crippen LogP contribution is 2.14. The first-order valence-electron chi connectivity index (χ1n) is 18.7. The number of carbonyl (C=O) groups excluding carboxylic acids is 8. The van der Waals surface area contributed by atoms with Crippen LogP contribution in [0.2, 0.25) is 0 Å². The highest BCUT2D eigenvalue weighted by Gasteiger charge is 2.29. The number of nitrogens with one attached hydrogen (secondary N) is 5. The smallest absolute Gasteiger partial charge is 0.408 e. The van der Waals surface area contributed by atoms with E-state index in [0.717, 1.165) is 28.8 Å². The molecule has 1 aliphatic heterocycles. The first-order valence-corrected chi connectivity index (χ1v) is 18.7. The fourth-order valence-corrected chi connectivity index (χ4v) is 5.59. The number of unbranched alkanes of at least 4 members (excludes halogenated alkanes) is 3. The Kier molecular flexibility index (Phi) is 19.6. The van der Waals surface area contributed by atoms with Gasteiger partial charge >= 0.3 is 12.1 Å². The number of primary amides is 1. The lowest BCUT2D eigenvalue weighted by atomic mass is 10.0. The topological polar surface area (TPSA) is 235 Å². The van der Waals surface area contributed by atoms with Crippen LogP contribution in [0.4, 0.5) is 15.3 Å². The monoisotopic (exact) mass is 771 g/mol.